The van der Waals surface area contributed by atoms with E-state index in [9.17, 15) is 4.39 Å². The summed E-state index contributed by atoms with van der Waals surface area (Å²) >= 11 is 0. The molecule has 0 spiro atoms. The molecule has 1 atom stereocenters. The summed E-state index contributed by atoms with van der Waals surface area (Å²) in [7, 11) is 3.15. The van der Waals surface area contributed by atoms with Crippen LogP contribution in [0, 0.1) is 12.7 Å². The smallest absolute Gasteiger partial charge is 0.220 e. The van der Waals surface area contributed by atoms with Crippen LogP contribution in [0.3, 0.4) is 0 Å². The molecule has 1 aliphatic rings. The summed E-state index contributed by atoms with van der Waals surface area (Å²) in [5, 5.41) is 4.38. The first kappa shape index (κ1) is 22.6. The molecule has 2 aromatic heterocycles. The fraction of sp³-hybridized carbons (Fsp3) is 0.333. The van der Waals surface area contributed by atoms with Gasteiger partial charge in [0.15, 0.2) is 0 Å². The molecule has 0 radical (unpaired) electrons. The zero-order chi connectivity index (χ0) is 23.4. The van der Waals surface area contributed by atoms with Gasteiger partial charge in [0.25, 0.3) is 0 Å². The second-order valence-corrected chi connectivity index (χ2v) is 7.75. The van der Waals surface area contributed by atoms with Crippen molar-refractivity contribution in [1.29, 1.82) is 0 Å². The molecule has 0 bridgehead atoms. The van der Waals surface area contributed by atoms with Crippen LogP contribution in [0.2, 0.25) is 0 Å². The van der Waals surface area contributed by atoms with Crippen molar-refractivity contribution in [2.45, 2.75) is 25.7 Å². The Bertz CT molecular complexity index is 1180. The number of rotatable bonds is 7. The maximum Gasteiger partial charge on any atom is 0.220 e. The second-order valence-electron chi connectivity index (χ2n) is 7.75. The minimum atomic E-state index is -0.339. The highest BCUT2D eigenvalue weighted by Crippen LogP contribution is 2.38. The first-order valence-electron chi connectivity index (χ1n) is 10.6. The Morgan fingerprint density at radius 2 is 1.94 bits per heavy atom. The number of oxime groups is 1. The van der Waals surface area contributed by atoms with E-state index in [-0.39, 0.29) is 17.7 Å². The lowest BCUT2D eigenvalue weighted by Gasteiger charge is -2.27. The summed E-state index contributed by atoms with van der Waals surface area (Å²) in [6.07, 6.45) is 1.17. The Hall–Kier alpha value is -3.59. The Labute approximate surface area is 191 Å². The number of halogens is 1. The van der Waals surface area contributed by atoms with E-state index in [2.05, 4.69) is 20.1 Å². The quantitative estimate of drug-likeness (QED) is 0.432. The summed E-state index contributed by atoms with van der Waals surface area (Å²) in [6, 6.07) is 10.2. The van der Waals surface area contributed by atoms with E-state index in [1.165, 1.54) is 12.1 Å². The second kappa shape index (κ2) is 9.91. The van der Waals surface area contributed by atoms with Crippen LogP contribution in [-0.2, 0) is 16.0 Å². The van der Waals surface area contributed by atoms with Crippen molar-refractivity contribution in [3.05, 3.63) is 64.7 Å². The van der Waals surface area contributed by atoms with Crippen LogP contribution in [-0.4, -0.2) is 48.1 Å². The minimum Gasteiger partial charge on any atom is -0.481 e. The average Bonchev–Trinajstić information content (AvgIpc) is 2.81. The topological polar surface area (TPSA) is 105 Å². The standard InChI is InChI=1S/C24H26FN5O3/c1-14-23-20(29-24(26)27-14)11-15(12-21(23)30-33-10-9-31-2)17-8-7-16(25)13-18(17)19-5-4-6-22(28-19)32-3/h4-8,13,15H,9-12H2,1-3H3,(H2,26,27,29)/t15-/m0/s1. The SMILES string of the molecule is COCCON=C1C[C@@H](c2ccc(F)cc2-c2cccc(OC)n2)Cc2nc(N)nc(C)c21. The number of aryl methyl sites for hydroxylation is 1. The number of nitrogens with two attached hydrogens (primary N) is 1. The third-order valence-electron chi connectivity index (χ3n) is 5.57. The Morgan fingerprint density at radius 3 is 2.73 bits per heavy atom. The predicted molar refractivity (Wildman–Crippen MR) is 123 cm³/mol. The molecule has 2 N–H and O–H groups in total. The molecule has 0 amide bonds. The molecule has 0 unspecified atom stereocenters. The highest BCUT2D eigenvalue weighted by Gasteiger charge is 2.31. The number of nitrogen functional groups attached to an aromatic ring is 1. The highest BCUT2D eigenvalue weighted by atomic mass is 19.1. The van der Waals surface area contributed by atoms with E-state index in [1.807, 2.05) is 19.1 Å². The number of methoxy groups -OCH3 is 2. The Balaban J connectivity index is 1.78. The van der Waals surface area contributed by atoms with Gasteiger partial charge in [-0.05, 0) is 43.0 Å². The fourth-order valence-electron chi connectivity index (χ4n) is 4.15. The highest BCUT2D eigenvalue weighted by molar-refractivity contribution is 6.03. The molecule has 0 saturated carbocycles. The maximum absolute atomic E-state index is 14.3. The molecule has 8 nitrogen and oxygen atoms in total. The molecule has 0 fully saturated rings. The van der Waals surface area contributed by atoms with Gasteiger partial charge in [-0.25, -0.2) is 19.3 Å². The van der Waals surface area contributed by atoms with Crippen LogP contribution in [0.4, 0.5) is 10.3 Å². The molecule has 3 aromatic rings. The molecular formula is C24H26FN5O3. The normalized spacial score (nSPS) is 16.5. The molecule has 1 aliphatic carbocycles. The van der Waals surface area contributed by atoms with Crippen molar-refractivity contribution < 1.29 is 18.7 Å². The zero-order valence-electron chi connectivity index (χ0n) is 18.8. The Morgan fingerprint density at radius 1 is 1.09 bits per heavy atom. The molecule has 33 heavy (non-hydrogen) atoms. The van der Waals surface area contributed by atoms with Crippen molar-refractivity contribution >= 4 is 11.7 Å². The van der Waals surface area contributed by atoms with E-state index in [4.69, 9.17) is 20.0 Å². The van der Waals surface area contributed by atoms with E-state index < -0.39 is 0 Å². The number of aromatic nitrogens is 3. The van der Waals surface area contributed by atoms with Crippen molar-refractivity contribution in [3.63, 3.8) is 0 Å². The van der Waals surface area contributed by atoms with Gasteiger partial charge in [-0.1, -0.05) is 17.3 Å². The van der Waals surface area contributed by atoms with E-state index in [0.717, 1.165) is 28.2 Å². The number of hydrogen-bond donors (Lipinski definition) is 1. The molecular weight excluding hydrogens is 425 g/mol. The zero-order valence-corrected chi connectivity index (χ0v) is 18.8. The molecule has 0 saturated heterocycles. The van der Waals surface area contributed by atoms with Crippen molar-refractivity contribution in [2.75, 3.05) is 33.2 Å². The van der Waals surface area contributed by atoms with E-state index in [0.29, 0.717) is 43.2 Å². The predicted octanol–water partition coefficient (Wildman–Crippen LogP) is 3.67. The number of pyridine rings is 1. The van der Waals surface area contributed by atoms with Crippen LogP contribution < -0.4 is 10.5 Å². The molecule has 9 heteroatoms. The Kier molecular flexibility index (Phi) is 6.79. The van der Waals surface area contributed by atoms with Crippen LogP contribution in [0.1, 0.15) is 34.9 Å². The lowest BCUT2D eigenvalue weighted by atomic mass is 9.79. The third-order valence-corrected chi connectivity index (χ3v) is 5.57. The average molecular weight is 452 g/mol. The first-order valence-corrected chi connectivity index (χ1v) is 10.6. The van der Waals surface area contributed by atoms with E-state index >= 15 is 0 Å². The third kappa shape index (κ3) is 4.93. The summed E-state index contributed by atoms with van der Waals surface area (Å²) in [6.45, 7) is 2.63. The monoisotopic (exact) mass is 451 g/mol. The largest absolute Gasteiger partial charge is 0.481 e. The molecule has 2 heterocycles. The summed E-state index contributed by atoms with van der Waals surface area (Å²) in [4.78, 5) is 18.8. The van der Waals surface area contributed by atoms with Crippen molar-refractivity contribution in [2.24, 2.45) is 5.16 Å². The molecule has 0 aliphatic heterocycles. The lowest BCUT2D eigenvalue weighted by molar-refractivity contribution is 0.0747. The lowest BCUT2D eigenvalue weighted by Crippen LogP contribution is -2.24. The number of fused-ring (bicyclic) bond motifs is 1. The van der Waals surface area contributed by atoms with Crippen molar-refractivity contribution in [3.8, 4) is 17.1 Å². The van der Waals surface area contributed by atoms with Gasteiger partial charge in [0.2, 0.25) is 11.8 Å². The summed E-state index contributed by atoms with van der Waals surface area (Å²) < 4.78 is 24.6. The molecule has 1 aromatic carbocycles. The van der Waals surface area contributed by atoms with Gasteiger partial charge < -0.3 is 20.0 Å². The summed E-state index contributed by atoms with van der Waals surface area (Å²) in [5.41, 5.74) is 11.3. The van der Waals surface area contributed by atoms with Gasteiger partial charge >= 0.3 is 0 Å². The number of anilines is 1. The number of benzene rings is 1. The number of nitrogens with zero attached hydrogens (tertiary/aromatic N) is 4. The first-order chi connectivity index (χ1) is 16.0. The van der Waals surface area contributed by atoms with Crippen LogP contribution in [0.25, 0.3) is 11.3 Å². The number of ether oxygens (including phenoxy) is 2. The molecule has 172 valence electrons. The van der Waals surface area contributed by atoms with Gasteiger partial charge in [-0.2, -0.15) is 0 Å². The van der Waals surface area contributed by atoms with Crippen molar-refractivity contribution in [1.82, 2.24) is 15.0 Å². The fourth-order valence-corrected chi connectivity index (χ4v) is 4.15. The minimum absolute atomic E-state index is 0.0421. The van der Waals surface area contributed by atoms with Gasteiger partial charge in [0.1, 0.15) is 12.4 Å². The van der Waals surface area contributed by atoms with E-state index in [1.54, 1.807) is 26.4 Å². The van der Waals surface area contributed by atoms with Gasteiger partial charge in [0.05, 0.1) is 36.5 Å². The van der Waals surface area contributed by atoms with Gasteiger partial charge in [-0.3, -0.25) is 0 Å². The van der Waals surface area contributed by atoms with Crippen LogP contribution in [0.5, 0.6) is 5.88 Å². The van der Waals surface area contributed by atoms with Gasteiger partial charge in [-0.15, -0.1) is 0 Å². The number of hydrogen-bond acceptors (Lipinski definition) is 8. The molecule has 4 rings (SSSR count). The van der Waals surface area contributed by atoms with Crippen LogP contribution in [0.15, 0.2) is 41.6 Å². The van der Waals surface area contributed by atoms with Gasteiger partial charge in [0, 0.05) is 30.7 Å². The summed E-state index contributed by atoms with van der Waals surface area (Å²) in [5.74, 6) is 0.287. The van der Waals surface area contributed by atoms with Crippen LogP contribution >= 0.6 is 0 Å². The maximum atomic E-state index is 14.3.